The second kappa shape index (κ2) is 8.01. The Labute approximate surface area is 99.3 Å². The summed E-state index contributed by atoms with van der Waals surface area (Å²) in [5.41, 5.74) is -0.152. The Morgan fingerprint density at radius 2 is 1.94 bits per heavy atom. The van der Waals surface area contributed by atoms with Crippen molar-refractivity contribution in [3.05, 3.63) is 0 Å². The van der Waals surface area contributed by atoms with Gasteiger partial charge in [0.05, 0.1) is 18.3 Å². The monoisotopic (exact) mass is 233 g/mol. The summed E-state index contributed by atoms with van der Waals surface area (Å²) in [6, 6.07) is 0.391. The van der Waals surface area contributed by atoms with Crippen LogP contribution in [-0.4, -0.2) is 49.7 Å². The van der Waals surface area contributed by atoms with Crippen LogP contribution in [0.4, 0.5) is 0 Å². The largest absolute Gasteiger partial charge is 0.389 e. The molecule has 4 nitrogen and oxygen atoms in total. The van der Waals surface area contributed by atoms with E-state index in [2.05, 4.69) is 19.2 Å². The summed E-state index contributed by atoms with van der Waals surface area (Å²) in [4.78, 5) is 0. The van der Waals surface area contributed by atoms with Crippen LogP contribution < -0.4 is 5.32 Å². The van der Waals surface area contributed by atoms with Gasteiger partial charge in [-0.3, -0.25) is 0 Å². The van der Waals surface area contributed by atoms with Gasteiger partial charge in [-0.1, -0.05) is 13.8 Å². The maximum absolute atomic E-state index is 9.57. The van der Waals surface area contributed by atoms with Gasteiger partial charge in [0.15, 0.2) is 0 Å². The second-order valence-electron chi connectivity index (χ2n) is 5.01. The molecule has 0 aliphatic carbocycles. The molecular formula is C12H27NO3. The minimum absolute atomic E-state index is 0.152. The van der Waals surface area contributed by atoms with Crippen molar-refractivity contribution in [1.29, 1.82) is 0 Å². The topological polar surface area (TPSA) is 50.7 Å². The van der Waals surface area contributed by atoms with Gasteiger partial charge in [-0.05, 0) is 20.3 Å². The zero-order chi connectivity index (χ0) is 12.6. The average molecular weight is 233 g/mol. The SMILES string of the molecule is COC(C)(C)CCOCC(O)CNC(C)C. The maximum atomic E-state index is 9.57. The molecule has 0 saturated heterocycles. The molecule has 0 amide bonds. The second-order valence-corrected chi connectivity index (χ2v) is 5.01. The van der Waals surface area contributed by atoms with Crippen molar-refractivity contribution in [2.75, 3.05) is 26.9 Å². The van der Waals surface area contributed by atoms with Gasteiger partial charge in [0.1, 0.15) is 0 Å². The minimum Gasteiger partial charge on any atom is -0.389 e. The highest BCUT2D eigenvalue weighted by molar-refractivity contribution is 4.67. The lowest BCUT2D eigenvalue weighted by Crippen LogP contribution is -2.35. The van der Waals surface area contributed by atoms with Crippen LogP contribution in [0.3, 0.4) is 0 Å². The number of rotatable bonds is 9. The van der Waals surface area contributed by atoms with Crippen LogP contribution in [0.2, 0.25) is 0 Å². The van der Waals surface area contributed by atoms with Crippen LogP contribution in [0.25, 0.3) is 0 Å². The van der Waals surface area contributed by atoms with E-state index < -0.39 is 6.10 Å². The first-order chi connectivity index (χ1) is 7.37. The Morgan fingerprint density at radius 1 is 1.31 bits per heavy atom. The Hall–Kier alpha value is -0.160. The van der Waals surface area contributed by atoms with Gasteiger partial charge in [-0.25, -0.2) is 0 Å². The highest BCUT2D eigenvalue weighted by atomic mass is 16.5. The van der Waals surface area contributed by atoms with Gasteiger partial charge in [0, 0.05) is 26.3 Å². The predicted molar refractivity (Wildman–Crippen MR) is 65.7 cm³/mol. The van der Waals surface area contributed by atoms with Crippen molar-refractivity contribution < 1.29 is 14.6 Å². The summed E-state index contributed by atoms with van der Waals surface area (Å²) >= 11 is 0. The van der Waals surface area contributed by atoms with Crippen molar-refractivity contribution >= 4 is 0 Å². The summed E-state index contributed by atoms with van der Waals surface area (Å²) in [6.45, 7) is 9.70. The van der Waals surface area contributed by atoms with E-state index in [1.165, 1.54) is 0 Å². The first kappa shape index (κ1) is 15.8. The van der Waals surface area contributed by atoms with Crippen LogP contribution in [-0.2, 0) is 9.47 Å². The first-order valence-electron chi connectivity index (χ1n) is 5.91. The number of methoxy groups -OCH3 is 1. The van der Waals surface area contributed by atoms with E-state index in [1.807, 2.05) is 13.8 Å². The third-order valence-corrected chi connectivity index (χ3v) is 2.47. The van der Waals surface area contributed by atoms with Crippen LogP contribution in [0.1, 0.15) is 34.1 Å². The fraction of sp³-hybridized carbons (Fsp3) is 1.00. The molecule has 2 N–H and O–H groups in total. The van der Waals surface area contributed by atoms with E-state index in [0.29, 0.717) is 25.8 Å². The van der Waals surface area contributed by atoms with E-state index in [-0.39, 0.29) is 5.60 Å². The molecule has 0 heterocycles. The Morgan fingerprint density at radius 3 is 2.44 bits per heavy atom. The summed E-state index contributed by atoms with van der Waals surface area (Å²) in [7, 11) is 1.70. The highest BCUT2D eigenvalue weighted by Gasteiger charge is 2.15. The zero-order valence-electron chi connectivity index (χ0n) is 11.2. The van der Waals surface area contributed by atoms with Crippen molar-refractivity contribution in [3.63, 3.8) is 0 Å². The van der Waals surface area contributed by atoms with Crippen molar-refractivity contribution in [2.24, 2.45) is 0 Å². The number of hydrogen-bond acceptors (Lipinski definition) is 4. The predicted octanol–water partition coefficient (Wildman–Crippen LogP) is 1.18. The van der Waals surface area contributed by atoms with Gasteiger partial charge in [-0.2, -0.15) is 0 Å². The van der Waals surface area contributed by atoms with Gasteiger partial charge in [0.25, 0.3) is 0 Å². The Kier molecular flexibility index (Phi) is 7.93. The molecule has 0 aromatic heterocycles. The van der Waals surface area contributed by atoms with Crippen LogP contribution in [0.5, 0.6) is 0 Å². The third kappa shape index (κ3) is 9.09. The van der Waals surface area contributed by atoms with Crippen molar-refractivity contribution in [3.8, 4) is 0 Å². The lowest BCUT2D eigenvalue weighted by atomic mass is 10.1. The van der Waals surface area contributed by atoms with Crippen LogP contribution in [0.15, 0.2) is 0 Å². The Bertz CT molecular complexity index is 172. The smallest absolute Gasteiger partial charge is 0.0897 e. The molecule has 16 heavy (non-hydrogen) atoms. The summed E-state index contributed by atoms with van der Waals surface area (Å²) in [6.07, 6.45) is 0.390. The number of aliphatic hydroxyl groups is 1. The van der Waals surface area contributed by atoms with Gasteiger partial charge < -0.3 is 19.9 Å². The molecule has 0 spiro atoms. The molecular weight excluding hydrogens is 206 g/mol. The molecule has 0 saturated carbocycles. The fourth-order valence-corrected chi connectivity index (χ4v) is 1.07. The molecule has 1 atom stereocenters. The summed E-state index contributed by atoms with van der Waals surface area (Å²) < 4.78 is 10.7. The maximum Gasteiger partial charge on any atom is 0.0897 e. The van der Waals surface area contributed by atoms with E-state index >= 15 is 0 Å². The third-order valence-electron chi connectivity index (χ3n) is 2.47. The quantitative estimate of drug-likeness (QED) is 0.587. The minimum atomic E-state index is -0.437. The molecule has 0 bridgehead atoms. The van der Waals surface area contributed by atoms with Crippen molar-refractivity contribution in [1.82, 2.24) is 5.32 Å². The van der Waals surface area contributed by atoms with E-state index in [0.717, 1.165) is 6.42 Å². The number of nitrogens with one attached hydrogen (secondary N) is 1. The fourth-order valence-electron chi connectivity index (χ4n) is 1.07. The van der Waals surface area contributed by atoms with Crippen LogP contribution in [0, 0.1) is 0 Å². The summed E-state index contributed by atoms with van der Waals surface area (Å²) in [5.74, 6) is 0. The van der Waals surface area contributed by atoms with Crippen LogP contribution >= 0.6 is 0 Å². The summed E-state index contributed by atoms with van der Waals surface area (Å²) in [5, 5.41) is 12.7. The molecule has 0 aromatic rings. The number of aliphatic hydroxyl groups excluding tert-OH is 1. The molecule has 0 rings (SSSR count). The van der Waals surface area contributed by atoms with Crippen molar-refractivity contribution in [2.45, 2.75) is 51.9 Å². The van der Waals surface area contributed by atoms with E-state index in [1.54, 1.807) is 7.11 Å². The molecule has 98 valence electrons. The number of ether oxygens (including phenoxy) is 2. The van der Waals surface area contributed by atoms with Gasteiger partial charge in [0.2, 0.25) is 0 Å². The van der Waals surface area contributed by atoms with E-state index in [9.17, 15) is 5.11 Å². The standard InChI is InChI=1S/C12H27NO3/c1-10(2)13-8-11(14)9-16-7-6-12(3,4)15-5/h10-11,13-14H,6-9H2,1-5H3. The normalized spacial score (nSPS) is 14.4. The molecule has 4 heteroatoms. The molecule has 0 radical (unpaired) electrons. The average Bonchev–Trinajstić information content (AvgIpc) is 2.21. The molecule has 1 unspecified atom stereocenters. The lowest BCUT2D eigenvalue weighted by molar-refractivity contribution is -0.0243. The highest BCUT2D eigenvalue weighted by Crippen LogP contribution is 2.12. The zero-order valence-corrected chi connectivity index (χ0v) is 11.2. The van der Waals surface area contributed by atoms with Gasteiger partial charge in [-0.15, -0.1) is 0 Å². The molecule has 0 aliphatic rings. The van der Waals surface area contributed by atoms with E-state index in [4.69, 9.17) is 9.47 Å². The molecule has 0 aromatic carbocycles. The molecule has 0 aliphatic heterocycles. The number of hydrogen-bond donors (Lipinski definition) is 2. The molecule has 0 fully saturated rings. The Balaban J connectivity index is 3.44. The van der Waals surface area contributed by atoms with Gasteiger partial charge >= 0.3 is 0 Å². The first-order valence-corrected chi connectivity index (χ1v) is 5.91. The lowest BCUT2D eigenvalue weighted by Gasteiger charge is -2.23.